The molecule has 0 amide bonds. The SMILES string of the molecule is CC(C)NCCCCS(=O)(=O)NCCCn1cccn1. The molecule has 0 fully saturated rings. The number of aryl methyl sites for hydroxylation is 1. The van der Waals surface area contributed by atoms with Crippen LogP contribution in [0.5, 0.6) is 0 Å². The molecule has 0 aliphatic heterocycles. The molecule has 2 N–H and O–H groups in total. The van der Waals surface area contributed by atoms with Crippen molar-refractivity contribution in [2.45, 2.75) is 45.7 Å². The topological polar surface area (TPSA) is 76.0 Å². The highest BCUT2D eigenvalue weighted by atomic mass is 32.2. The summed E-state index contributed by atoms with van der Waals surface area (Å²) in [6.45, 7) is 6.22. The van der Waals surface area contributed by atoms with Crippen molar-refractivity contribution < 1.29 is 8.42 Å². The third kappa shape index (κ3) is 8.29. The zero-order valence-electron chi connectivity index (χ0n) is 12.4. The highest BCUT2D eigenvalue weighted by Crippen LogP contribution is 1.95. The summed E-state index contributed by atoms with van der Waals surface area (Å²) in [5.41, 5.74) is 0. The van der Waals surface area contributed by atoms with Crippen LogP contribution in [0.15, 0.2) is 18.5 Å². The minimum absolute atomic E-state index is 0.203. The minimum atomic E-state index is -3.13. The molecule has 0 saturated carbocycles. The lowest BCUT2D eigenvalue weighted by molar-refractivity contribution is 0.544. The third-order valence-electron chi connectivity index (χ3n) is 2.84. The van der Waals surface area contributed by atoms with Crippen LogP contribution < -0.4 is 10.0 Å². The molecule has 116 valence electrons. The Hall–Kier alpha value is -0.920. The first-order chi connectivity index (χ1) is 9.49. The quantitative estimate of drug-likeness (QED) is 0.597. The van der Waals surface area contributed by atoms with Crippen molar-refractivity contribution in [1.29, 1.82) is 0 Å². The van der Waals surface area contributed by atoms with Gasteiger partial charge in [0.2, 0.25) is 10.0 Å². The number of hydrogen-bond donors (Lipinski definition) is 2. The standard InChI is InChI=1S/C13H26N4O2S/c1-13(2)14-7-3-4-12-20(18,19)16-9-6-11-17-10-5-8-15-17/h5,8,10,13-14,16H,3-4,6-7,9,11-12H2,1-2H3. The van der Waals surface area contributed by atoms with Gasteiger partial charge in [-0.25, -0.2) is 13.1 Å². The Morgan fingerprint density at radius 3 is 2.65 bits per heavy atom. The normalized spacial score (nSPS) is 12.2. The van der Waals surface area contributed by atoms with Crippen LogP contribution in [0.25, 0.3) is 0 Å². The monoisotopic (exact) mass is 302 g/mol. The lowest BCUT2D eigenvalue weighted by Gasteiger charge is -2.09. The zero-order chi connectivity index (χ0) is 14.8. The van der Waals surface area contributed by atoms with E-state index in [4.69, 9.17) is 0 Å². The van der Waals surface area contributed by atoms with E-state index in [9.17, 15) is 8.42 Å². The molecule has 0 unspecified atom stereocenters. The van der Waals surface area contributed by atoms with Gasteiger partial charge in [0.1, 0.15) is 0 Å². The molecule has 0 bridgehead atoms. The molecule has 0 atom stereocenters. The Morgan fingerprint density at radius 2 is 2.00 bits per heavy atom. The van der Waals surface area contributed by atoms with E-state index in [0.29, 0.717) is 19.0 Å². The molecule has 0 aliphatic rings. The van der Waals surface area contributed by atoms with Gasteiger partial charge in [0.25, 0.3) is 0 Å². The highest BCUT2D eigenvalue weighted by molar-refractivity contribution is 7.89. The van der Waals surface area contributed by atoms with Crippen molar-refractivity contribution in [1.82, 2.24) is 19.8 Å². The van der Waals surface area contributed by atoms with E-state index < -0.39 is 10.0 Å². The lowest BCUT2D eigenvalue weighted by Crippen LogP contribution is -2.29. The second-order valence-corrected chi connectivity index (χ2v) is 7.08. The van der Waals surface area contributed by atoms with Crippen LogP contribution in [-0.4, -0.2) is 43.1 Å². The Morgan fingerprint density at radius 1 is 1.20 bits per heavy atom. The van der Waals surface area contributed by atoms with Gasteiger partial charge in [-0.15, -0.1) is 0 Å². The number of aromatic nitrogens is 2. The molecule has 0 radical (unpaired) electrons. The van der Waals surface area contributed by atoms with Crippen molar-refractivity contribution in [2.75, 3.05) is 18.8 Å². The van der Waals surface area contributed by atoms with Crippen molar-refractivity contribution in [3.05, 3.63) is 18.5 Å². The fourth-order valence-corrected chi connectivity index (χ4v) is 2.97. The summed E-state index contributed by atoms with van der Waals surface area (Å²) >= 11 is 0. The molecule has 0 aliphatic carbocycles. The fourth-order valence-electron chi connectivity index (χ4n) is 1.78. The summed E-state index contributed by atoms with van der Waals surface area (Å²) in [4.78, 5) is 0. The Labute approximate surface area is 122 Å². The number of rotatable bonds is 11. The van der Waals surface area contributed by atoms with Crippen LogP contribution in [-0.2, 0) is 16.6 Å². The Bertz CT molecular complexity index is 443. The minimum Gasteiger partial charge on any atom is -0.315 e. The molecule has 0 spiro atoms. The molecule has 1 aromatic rings. The number of sulfonamides is 1. The summed E-state index contributed by atoms with van der Waals surface area (Å²) in [5, 5.41) is 7.34. The molecule has 6 nitrogen and oxygen atoms in total. The van der Waals surface area contributed by atoms with Gasteiger partial charge in [0.05, 0.1) is 5.75 Å². The van der Waals surface area contributed by atoms with Crippen LogP contribution in [0.2, 0.25) is 0 Å². The van der Waals surface area contributed by atoms with Crippen molar-refractivity contribution in [3.8, 4) is 0 Å². The van der Waals surface area contributed by atoms with Gasteiger partial charge in [-0.2, -0.15) is 5.10 Å². The van der Waals surface area contributed by atoms with E-state index in [2.05, 4.69) is 29.0 Å². The summed E-state index contributed by atoms with van der Waals surface area (Å²) in [6, 6.07) is 2.31. The summed E-state index contributed by atoms with van der Waals surface area (Å²) in [7, 11) is -3.13. The Balaban J connectivity index is 2.05. The number of unbranched alkanes of at least 4 members (excludes halogenated alkanes) is 1. The predicted molar refractivity (Wildman–Crippen MR) is 81.0 cm³/mol. The molecule has 20 heavy (non-hydrogen) atoms. The van der Waals surface area contributed by atoms with Gasteiger partial charge in [-0.05, 0) is 31.9 Å². The molecule has 0 aromatic carbocycles. The number of nitrogens with one attached hydrogen (secondary N) is 2. The van der Waals surface area contributed by atoms with Crippen LogP contribution in [0.1, 0.15) is 33.1 Å². The molecular formula is C13H26N4O2S. The molecule has 7 heteroatoms. The van der Waals surface area contributed by atoms with Crippen molar-refractivity contribution >= 4 is 10.0 Å². The zero-order valence-corrected chi connectivity index (χ0v) is 13.2. The maximum absolute atomic E-state index is 11.7. The molecule has 1 rings (SSSR count). The first-order valence-electron chi connectivity index (χ1n) is 7.18. The lowest BCUT2D eigenvalue weighted by atomic mass is 10.3. The van der Waals surface area contributed by atoms with Crippen LogP contribution in [0.3, 0.4) is 0 Å². The van der Waals surface area contributed by atoms with Gasteiger partial charge < -0.3 is 5.32 Å². The molecule has 1 heterocycles. The van der Waals surface area contributed by atoms with Gasteiger partial charge in [0, 0.05) is 31.5 Å². The largest absolute Gasteiger partial charge is 0.315 e. The average molecular weight is 302 g/mol. The van der Waals surface area contributed by atoms with Gasteiger partial charge in [0.15, 0.2) is 0 Å². The molecule has 1 aromatic heterocycles. The molecular weight excluding hydrogens is 276 g/mol. The van der Waals surface area contributed by atoms with E-state index in [1.54, 1.807) is 10.9 Å². The first-order valence-corrected chi connectivity index (χ1v) is 8.83. The second-order valence-electron chi connectivity index (χ2n) is 5.15. The number of hydrogen-bond acceptors (Lipinski definition) is 4. The van der Waals surface area contributed by atoms with Crippen LogP contribution in [0.4, 0.5) is 0 Å². The highest BCUT2D eigenvalue weighted by Gasteiger charge is 2.08. The van der Waals surface area contributed by atoms with Crippen molar-refractivity contribution in [2.24, 2.45) is 0 Å². The summed E-state index contributed by atoms with van der Waals surface area (Å²) < 4.78 is 27.9. The maximum atomic E-state index is 11.7. The molecule has 0 saturated heterocycles. The number of nitrogens with zero attached hydrogens (tertiary/aromatic N) is 2. The summed E-state index contributed by atoms with van der Waals surface area (Å²) in [5.74, 6) is 0.203. The van der Waals surface area contributed by atoms with Crippen molar-refractivity contribution in [3.63, 3.8) is 0 Å². The first kappa shape index (κ1) is 17.1. The Kier molecular flexibility index (Phi) is 7.79. The average Bonchev–Trinajstić information content (AvgIpc) is 2.87. The third-order valence-corrected chi connectivity index (χ3v) is 4.31. The van der Waals surface area contributed by atoms with Crippen LogP contribution >= 0.6 is 0 Å². The van der Waals surface area contributed by atoms with Gasteiger partial charge in [-0.1, -0.05) is 13.8 Å². The van der Waals surface area contributed by atoms with E-state index in [1.807, 2.05) is 12.3 Å². The second kappa shape index (κ2) is 9.10. The van der Waals surface area contributed by atoms with E-state index in [0.717, 1.165) is 25.9 Å². The smallest absolute Gasteiger partial charge is 0.211 e. The van der Waals surface area contributed by atoms with E-state index >= 15 is 0 Å². The fraction of sp³-hybridized carbons (Fsp3) is 0.769. The van der Waals surface area contributed by atoms with E-state index in [-0.39, 0.29) is 5.75 Å². The van der Waals surface area contributed by atoms with E-state index in [1.165, 1.54) is 0 Å². The van der Waals surface area contributed by atoms with Gasteiger partial charge in [-0.3, -0.25) is 4.68 Å². The van der Waals surface area contributed by atoms with Crippen LogP contribution in [0, 0.1) is 0 Å². The predicted octanol–water partition coefficient (Wildman–Crippen LogP) is 0.971. The van der Waals surface area contributed by atoms with Gasteiger partial charge >= 0.3 is 0 Å². The summed E-state index contributed by atoms with van der Waals surface area (Å²) in [6.07, 6.45) is 5.90. The maximum Gasteiger partial charge on any atom is 0.211 e.